The summed E-state index contributed by atoms with van der Waals surface area (Å²) in [6, 6.07) is 7.74. The van der Waals surface area contributed by atoms with Crippen molar-refractivity contribution in [3.05, 3.63) is 29.8 Å². The number of hydrogen-bond acceptors (Lipinski definition) is 3. The van der Waals surface area contributed by atoms with Crippen LogP contribution in [0.4, 0.5) is 0 Å². The van der Waals surface area contributed by atoms with Crippen molar-refractivity contribution < 1.29 is 19.9 Å². The lowest BCUT2D eigenvalue weighted by molar-refractivity contribution is -0.658. The summed E-state index contributed by atoms with van der Waals surface area (Å²) in [4.78, 5) is 0. The zero-order valence-corrected chi connectivity index (χ0v) is 10.6. The van der Waals surface area contributed by atoms with Gasteiger partial charge in [0.2, 0.25) is 0 Å². The van der Waals surface area contributed by atoms with Crippen LogP contribution in [0.2, 0.25) is 0 Å². The fourth-order valence-corrected chi connectivity index (χ4v) is 1.55. The van der Waals surface area contributed by atoms with Gasteiger partial charge in [0, 0.05) is 5.56 Å². The first-order valence-corrected chi connectivity index (χ1v) is 5.97. The molecule has 0 aliphatic rings. The Balaban J connectivity index is 2.30. The number of para-hydroxylation sites is 1. The van der Waals surface area contributed by atoms with Crippen LogP contribution in [0.5, 0.6) is 5.75 Å². The molecule has 0 radical (unpaired) electrons. The van der Waals surface area contributed by atoms with E-state index in [2.05, 4.69) is 12.2 Å². The van der Waals surface area contributed by atoms with Gasteiger partial charge in [0.05, 0.1) is 26.9 Å². The van der Waals surface area contributed by atoms with Crippen molar-refractivity contribution in [2.24, 2.45) is 0 Å². The quantitative estimate of drug-likeness (QED) is 0.680. The van der Waals surface area contributed by atoms with E-state index >= 15 is 0 Å². The van der Waals surface area contributed by atoms with E-state index in [1.807, 2.05) is 24.3 Å². The zero-order chi connectivity index (χ0) is 12.5. The van der Waals surface area contributed by atoms with E-state index < -0.39 is 6.10 Å². The molecule has 0 fully saturated rings. The molecule has 1 aromatic rings. The molecule has 0 bridgehead atoms. The number of aliphatic hydroxyl groups is 1. The topological polar surface area (TPSA) is 55.3 Å². The van der Waals surface area contributed by atoms with Gasteiger partial charge in [-0.25, -0.2) is 0 Å². The van der Waals surface area contributed by atoms with Crippen LogP contribution in [0, 0.1) is 0 Å². The van der Waals surface area contributed by atoms with Crippen molar-refractivity contribution in [2.75, 3.05) is 26.8 Å². The Morgan fingerprint density at radius 1 is 1.35 bits per heavy atom. The summed E-state index contributed by atoms with van der Waals surface area (Å²) in [5.41, 5.74) is 1.00. The molecule has 0 aliphatic heterocycles. The summed E-state index contributed by atoms with van der Waals surface area (Å²) in [5.74, 6) is 0.821. The summed E-state index contributed by atoms with van der Waals surface area (Å²) in [7, 11) is 1.64. The number of likely N-dealkylation sites (N-methyl/N-ethyl adjacent to an activating group) is 1. The summed E-state index contributed by atoms with van der Waals surface area (Å²) >= 11 is 0. The van der Waals surface area contributed by atoms with Crippen LogP contribution in [-0.4, -0.2) is 38.0 Å². The van der Waals surface area contributed by atoms with Crippen molar-refractivity contribution in [3.8, 4) is 5.75 Å². The molecule has 3 N–H and O–H groups in total. The van der Waals surface area contributed by atoms with Crippen LogP contribution < -0.4 is 10.1 Å². The Hall–Kier alpha value is -1.10. The lowest BCUT2D eigenvalue weighted by Gasteiger charge is -2.11. The molecule has 0 heterocycles. The highest BCUT2D eigenvalue weighted by Crippen LogP contribution is 2.17. The molecule has 4 heteroatoms. The van der Waals surface area contributed by atoms with Crippen LogP contribution in [0.25, 0.3) is 0 Å². The van der Waals surface area contributed by atoms with Gasteiger partial charge < -0.3 is 19.9 Å². The van der Waals surface area contributed by atoms with Gasteiger partial charge in [0.25, 0.3) is 0 Å². The maximum absolute atomic E-state index is 9.60. The second-order valence-electron chi connectivity index (χ2n) is 3.91. The summed E-state index contributed by atoms with van der Waals surface area (Å²) in [6.07, 6.45) is -0.412. The maximum atomic E-state index is 9.60. The van der Waals surface area contributed by atoms with Gasteiger partial charge >= 0.3 is 0 Å². The molecule has 96 valence electrons. The predicted octanol–water partition coefficient (Wildman–Crippen LogP) is 0.156. The van der Waals surface area contributed by atoms with E-state index in [1.165, 1.54) is 0 Å². The van der Waals surface area contributed by atoms with Crippen molar-refractivity contribution in [2.45, 2.75) is 19.6 Å². The molecular formula is C13H22NO3+. The van der Waals surface area contributed by atoms with Crippen molar-refractivity contribution in [1.82, 2.24) is 0 Å². The van der Waals surface area contributed by atoms with Crippen molar-refractivity contribution in [1.29, 1.82) is 0 Å². The highest BCUT2D eigenvalue weighted by atomic mass is 16.5. The standard InChI is InChI=1S/C13H21NO3/c1-3-14-8-12(15)10-17-9-11-6-4-5-7-13(11)16-2/h4-7,12,14-15H,3,8-10H2,1-2H3/p+1/t12-/m0/s1. The first kappa shape index (κ1) is 14.0. The van der Waals surface area contributed by atoms with Crippen LogP contribution in [0.15, 0.2) is 24.3 Å². The predicted molar refractivity (Wildman–Crippen MR) is 66.0 cm³/mol. The number of methoxy groups -OCH3 is 1. The molecule has 17 heavy (non-hydrogen) atoms. The van der Waals surface area contributed by atoms with E-state index in [0.29, 0.717) is 19.8 Å². The molecule has 0 amide bonds. The molecular weight excluding hydrogens is 218 g/mol. The fourth-order valence-electron chi connectivity index (χ4n) is 1.55. The monoisotopic (exact) mass is 240 g/mol. The Bertz CT molecular complexity index is 317. The highest BCUT2D eigenvalue weighted by molar-refractivity contribution is 5.32. The molecule has 1 atom stereocenters. The van der Waals surface area contributed by atoms with Gasteiger partial charge in [-0.05, 0) is 13.0 Å². The van der Waals surface area contributed by atoms with Crippen LogP contribution in [-0.2, 0) is 11.3 Å². The Kier molecular flexibility index (Phi) is 6.62. The second kappa shape index (κ2) is 8.06. The second-order valence-corrected chi connectivity index (χ2v) is 3.91. The molecule has 1 aromatic carbocycles. The van der Waals surface area contributed by atoms with Crippen LogP contribution in [0.3, 0.4) is 0 Å². The average molecular weight is 240 g/mol. The third-order valence-electron chi connectivity index (χ3n) is 2.49. The molecule has 0 aromatic heterocycles. The number of ether oxygens (including phenoxy) is 2. The fraction of sp³-hybridized carbons (Fsp3) is 0.538. The normalized spacial score (nSPS) is 12.4. The summed E-state index contributed by atoms with van der Waals surface area (Å²) < 4.78 is 10.7. The lowest BCUT2D eigenvalue weighted by Crippen LogP contribution is -2.86. The van der Waals surface area contributed by atoms with E-state index in [0.717, 1.165) is 17.9 Å². The van der Waals surface area contributed by atoms with Gasteiger partial charge in [0.1, 0.15) is 18.4 Å². The van der Waals surface area contributed by atoms with Gasteiger partial charge in [0.15, 0.2) is 0 Å². The van der Waals surface area contributed by atoms with E-state index in [4.69, 9.17) is 9.47 Å². The SMILES string of the molecule is CC[NH2+]C[C@H](O)COCc1ccccc1OC. The number of benzene rings is 1. The minimum Gasteiger partial charge on any atom is -0.496 e. The van der Waals surface area contributed by atoms with Gasteiger partial charge in [-0.3, -0.25) is 0 Å². The Labute approximate surface area is 103 Å². The molecule has 1 rings (SSSR count). The van der Waals surface area contributed by atoms with Gasteiger partial charge in [-0.1, -0.05) is 18.2 Å². The first-order chi connectivity index (χ1) is 8.27. The summed E-state index contributed by atoms with van der Waals surface area (Å²) in [6.45, 7) is 4.54. The molecule has 0 aliphatic carbocycles. The van der Waals surface area contributed by atoms with E-state index in [1.54, 1.807) is 7.11 Å². The number of aliphatic hydroxyl groups excluding tert-OH is 1. The summed E-state index contributed by atoms with van der Waals surface area (Å²) in [5, 5.41) is 11.6. The van der Waals surface area contributed by atoms with Gasteiger partial charge in [-0.15, -0.1) is 0 Å². The number of rotatable bonds is 8. The van der Waals surface area contributed by atoms with Crippen LogP contribution in [0.1, 0.15) is 12.5 Å². The van der Waals surface area contributed by atoms with E-state index in [-0.39, 0.29) is 0 Å². The minimum atomic E-state index is -0.412. The number of nitrogens with two attached hydrogens (primary N) is 1. The average Bonchev–Trinajstić information content (AvgIpc) is 2.37. The van der Waals surface area contributed by atoms with Crippen molar-refractivity contribution in [3.63, 3.8) is 0 Å². The third-order valence-corrected chi connectivity index (χ3v) is 2.49. The minimum absolute atomic E-state index is 0.356. The highest BCUT2D eigenvalue weighted by Gasteiger charge is 2.07. The number of hydrogen-bond donors (Lipinski definition) is 2. The lowest BCUT2D eigenvalue weighted by atomic mass is 10.2. The molecule has 0 spiro atoms. The first-order valence-electron chi connectivity index (χ1n) is 5.97. The molecule has 0 saturated carbocycles. The zero-order valence-electron chi connectivity index (χ0n) is 10.6. The molecule has 0 unspecified atom stereocenters. The van der Waals surface area contributed by atoms with Crippen LogP contribution >= 0.6 is 0 Å². The largest absolute Gasteiger partial charge is 0.496 e. The van der Waals surface area contributed by atoms with Gasteiger partial charge in [-0.2, -0.15) is 0 Å². The van der Waals surface area contributed by atoms with Crippen molar-refractivity contribution >= 4 is 0 Å². The van der Waals surface area contributed by atoms with E-state index in [9.17, 15) is 5.11 Å². The maximum Gasteiger partial charge on any atom is 0.126 e. The molecule has 4 nitrogen and oxygen atoms in total. The smallest absolute Gasteiger partial charge is 0.126 e. The third kappa shape index (κ3) is 5.17. The Morgan fingerprint density at radius 3 is 2.82 bits per heavy atom. The molecule has 0 saturated heterocycles. The Morgan fingerprint density at radius 2 is 2.12 bits per heavy atom. The number of quaternary nitrogens is 1.